The molecule has 1 aliphatic carbocycles. The molecule has 0 aromatic heterocycles. The van der Waals surface area contributed by atoms with E-state index in [1.54, 1.807) is 0 Å². The average Bonchev–Trinajstić information content (AvgIpc) is 2.42. The molecule has 0 N–H and O–H groups in total. The molecule has 1 spiro atoms. The van der Waals surface area contributed by atoms with Gasteiger partial charge in [0, 0.05) is 6.54 Å². The summed E-state index contributed by atoms with van der Waals surface area (Å²) in [5, 5.41) is 0. The summed E-state index contributed by atoms with van der Waals surface area (Å²) in [5.74, 6) is 0. The van der Waals surface area contributed by atoms with Gasteiger partial charge in [0.1, 0.15) is 5.60 Å². The Hall–Kier alpha value is -0.990. The van der Waals surface area contributed by atoms with Crippen molar-refractivity contribution in [3.05, 3.63) is 12.2 Å². The van der Waals surface area contributed by atoms with Gasteiger partial charge in [-0.25, -0.2) is 4.79 Å². The van der Waals surface area contributed by atoms with E-state index in [4.69, 9.17) is 4.74 Å². The lowest BCUT2D eigenvalue weighted by molar-refractivity contribution is -0.00200. The molecule has 1 heterocycles. The van der Waals surface area contributed by atoms with E-state index in [1.807, 2.05) is 25.7 Å². The second-order valence-corrected chi connectivity index (χ2v) is 5.45. The van der Waals surface area contributed by atoms with Crippen LogP contribution in [0, 0.1) is 0 Å². The van der Waals surface area contributed by atoms with Crippen LogP contribution in [0.3, 0.4) is 0 Å². The molecule has 1 amide bonds. The molecule has 0 bridgehead atoms. The zero-order chi connectivity index (χ0) is 11.1. The molecule has 0 aromatic rings. The van der Waals surface area contributed by atoms with Crippen LogP contribution in [0.5, 0.6) is 0 Å². The minimum absolute atomic E-state index is 0.00231. The van der Waals surface area contributed by atoms with Gasteiger partial charge >= 0.3 is 6.09 Å². The van der Waals surface area contributed by atoms with E-state index in [0.717, 1.165) is 12.8 Å². The lowest BCUT2D eigenvalue weighted by Gasteiger charge is -2.45. The summed E-state index contributed by atoms with van der Waals surface area (Å²) in [4.78, 5) is 13.8. The normalized spacial score (nSPS) is 23.0. The summed E-state index contributed by atoms with van der Waals surface area (Å²) in [6.07, 6.45) is 7.45. The molecule has 3 nitrogen and oxygen atoms in total. The van der Waals surface area contributed by atoms with Crippen molar-refractivity contribution in [1.29, 1.82) is 0 Å². The lowest BCUT2D eigenvalue weighted by Crippen LogP contribution is -2.53. The van der Waals surface area contributed by atoms with Gasteiger partial charge < -0.3 is 4.74 Å². The van der Waals surface area contributed by atoms with Crippen molar-refractivity contribution in [1.82, 2.24) is 4.90 Å². The molecule has 2 aliphatic rings. The van der Waals surface area contributed by atoms with E-state index in [-0.39, 0.29) is 11.6 Å². The number of ether oxygens (including phenoxy) is 1. The highest BCUT2D eigenvalue weighted by Crippen LogP contribution is 2.42. The lowest BCUT2D eigenvalue weighted by atomic mass is 9.77. The summed E-state index contributed by atoms with van der Waals surface area (Å²) in [5.41, 5.74) is -0.396. The summed E-state index contributed by atoms with van der Waals surface area (Å²) in [6, 6.07) is 0. The SMILES string of the molecule is CC(C)(C)OC(=O)N1CC=CC12CCC2. The van der Waals surface area contributed by atoms with Crippen LogP contribution in [-0.4, -0.2) is 28.7 Å². The first kappa shape index (κ1) is 10.5. The molecule has 2 rings (SSSR count). The van der Waals surface area contributed by atoms with Crippen LogP contribution in [0.1, 0.15) is 40.0 Å². The van der Waals surface area contributed by atoms with Crippen LogP contribution in [0.15, 0.2) is 12.2 Å². The maximum atomic E-state index is 11.9. The first-order chi connectivity index (χ1) is 6.93. The smallest absolute Gasteiger partial charge is 0.411 e. The third-order valence-corrected chi connectivity index (χ3v) is 3.09. The van der Waals surface area contributed by atoms with Crippen molar-refractivity contribution in [2.24, 2.45) is 0 Å². The van der Waals surface area contributed by atoms with Crippen molar-refractivity contribution in [2.45, 2.75) is 51.2 Å². The summed E-state index contributed by atoms with van der Waals surface area (Å²) in [7, 11) is 0. The van der Waals surface area contributed by atoms with Gasteiger partial charge in [-0.3, -0.25) is 4.90 Å². The third kappa shape index (κ3) is 1.87. The van der Waals surface area contributed by atoms with E-state index in [2.05, 4.69) is 12.2 Å². The van der Waals surface area contributed by atoms with Gasteiger partial charge in [0.25, 0.3) is 0 Å². The van der Waals surface area contributed by atoms with E-state index in [1.165, 1.54) is 6.42 Å². The van der Waals surface area contributed by atoms with Crippen LogP contribution >= 0.6 is 0 Å². The molecule has 1 saturated carbocycles. The second kappa shape index (κ2) is 3.26. The number of hydrogen-bond acceptors (Lipinski definition) is 2. The molecule has 3 heteroatoms. The highest BCUT2D eigenvalue weighted by Gasteiger charge is 2.46. The number of rotatable bonds is 0. The molecule has 0 atom stereocenters. The van der Waals surface area contributed by atoms with E-state index in [9.17, 15) is 4.79 Å². The Bertz CT molecular complexity index is 297. The quantitative estimate of drug-likeness (QED) is 0.574. The predicted octanol–water partition coefficient (Wildman–Crippen LogP) is 2.72. The molecule has 0 saturated heterocycles. The molecule has 84 valence electrons. The van der Waals surface area contributed by atoms with Crippen LogP contribution in [0.25, 0.3) is 0 Å². The minimum atomic E-state index is -0.398. The van der Waals surface area contributed by atoms with Crippen LogP contribution in [0.2, 0.25) is 0 Å². The van der Waals surface area contributed by atoms with Gasteiger partial charge in [-0.1, -0.05) is 12.2 Å². The van der Waals surface area contributed by atoms with E-state index < -0.39 is 5.60 Å². The molecule has 0 aromatic carbocycles. The monoisotopic (exact) mass is 209 g/mol. The molecule has 1 aliphatic heterocycles. The Morgan fingerprint density at radius 3 is 2.53 bits per heavy atom. The first-order valence-corrected chi connectivity index (χ1v) is 5.61. The molecule has 0 radical (unpaired) electrons. The Morgan fingerprint density at radius 2 is 2.07 bits per heavy atom. The van der Waals surface area contributed by atoms with Gasteiger partial charge in [-0.05, 0) is 40.0 Å². The van der Waals surface area contributed by atoms with Gasteiger partial charge in [-0.15, -0.1) is 0 Å². The topological polar surface area (TPSA) is 29.5 Å². The fourth-order valence-corrected chi connectivity index (χ4v) is 2.20. The fourth-order valence-electron chi connectivity index (χ4n) is 2.20. The highest BCUT2D eigenvalue weighted by molar-refractivity contribution is 5.71. The van der Waals surface area contributed by atoms with Crippen LogP contribution in [-0.2, 0) is 4.74 Å². The van der Waals surface area contributed by atoms with Crippen molar-refractivity contribution < 1.29 is 9.53 Å². The Morgan fingerprint density at radius 1 is 1.40 bits per heavy atom. The van der Waals surface area contributed by atoms with E-state index >= 15 is 0 Å². The Balaban J connectivity index is 2.02. The summed E-state index contributed by atoms with van der Waals surface area (Å²) >= 11 is 0. The van der Waals surface area contributed by atoms with Crippen molar-refractivity contribution in [3.63, 3.8) is 0 Å². The van der Waals surface area contributed by atoms with Gasteiger partial charge in [0.05, 0.1) is 5.54 Å². The van der Waals surface area contributed by atoms with E-state index in [0.29, 0.717) is 6.54 Å². The average molecular weight is 209 g/mol. The fraction of sp³-hybridized carbons (Fsp3) is 0.750. The molecule has 0 unspecified atom stereocenters. The van der Waals surface area contributed by atoms with Crippen LogP contribution in [0.4, 0.5) is 4.79 Å². The minimum Gasteiger partial charge on any atom is -0.444 e. The molecular formula is C12H19NO2. The highest BCUT2D eigenvalue weighted by atomic mass is 16.6. The van der Waals surface area contributed by atoms with Gasteiger partial charge in [-0.2, -0.15) is 0 Å². The van der Waals surface area contributed by atoms with Gasteiger partial charge in [0.2, 0.25) is 0 Å². The second-order valence-electron chi connectivity index (χ2n) is 5.45. The first-order valence-electron chi connectivity index (χ1n) is 5.61. The number of hydrogen-bond donors (Lipinski definition) is 0. The van der Waals surface area contributed by atoms with Crippen molar-refractivity contribution in [2.75, 3.05) is 6.54 Å². The summed E-state index contributed by atoms with van der Waals surface area (Å²) < 4.78 is 5.40. The molecule has 15 heavy (non-hydrogen) atoms. The van der Waals surface area contributed by atoms with Crippen molar-refractivity contribution >= 4 is 6.09 Å². The standard InChI is InChI=1S/C12H19NO2/c1-11(2,3)15-10(14)13-9-5-8-12(13)6-4-7-12/h5,8H,4,6-7,9H2,1-3H3. The Kier molecular flexibility index (Phi) is 2.28. The maximum absolute atomic E-state index is 11.9. The molecule has 1 fully saturated rings. The zero-order valence-electron chi connectivity index (χ0n) is 9.75. The van der Waals surface area contributed by atoms with Crippen LogP contribution < -0.4 is 0 Å². The number of amides is 1. The van der Waals surface area contributed by atoms with Gasteiger partial charge in [0.15, 0.2) is 0 Å². The maximum Gasteiger partial charge on any atom is 0.411 e. The zero-order valence-corrected chi connectivity index (χ0v) is 9.75. The number of carbonyl (C=O) groups excluding carboxylic acids is 1. The number of nitrogens with zero attached hydrogens (tertiary/aromatic N) is 1. The van der Waals surface area contributed by atoms with Crippen molar-refractivity contribution in [3.8, 4) is 0 Å². The summed E-state index contributed by atoms with van der Waals surface area (Å²) in [6.45, 7) is 6.42. The largest absolute Gasteiger partial charge is 0.444 e. The number of carbonyl (C=O) groups is 1. The third-order valence-electron chi connectivity index (χ3n) is 3.09. The molecular weight excluding hydrogens is 190 g/mol. The predicted molar refractivity (Wildman–Crippen MR) is 58.7 cm³/mol. The Labute approximate surface area is 91.1 Å².